The van der Waals surface area contributed by atoms with Crippen molar-refractivity contribution in [3.05, 3.63) is 77.4 Å². The van der Waals surface area contributed by atoms with Crippen LogP contribution < -0.4 is 0 Å². The van der Waals surface area contributed by atoms with Crippen LogP contribution >= 0.6 is 0 Å². The molecule has 0 unspecified atom stereocenters. The lowest BCUT2D eigenvalue weighted by molar-refractivity contribution is 0.654. The zero-order valence-electron chi connectivity index (χ0n) is 12.7. The highest BCUT2D eigenvalue weighted by Crippen LogP contribution is 2.51. The molecule has 104 valence electrons. The molecule has 0 saturated carbocycles. The summed E-state index contributed by atoms with van der Waals surface area (Å²) in [5.41, 5.74) is 8.67. The van der Waals surface area contributed by atoms with Crippen molar-refractivity contribution in [1.82, 2.24) is 0 Å². The molecule has 0 radical (unpaired) electrons. The second kappa shape index (κ2) is 4.46. The predicted octanol–water partition coefficient (Wildman–Crippen LogP) is 5.75. The number of fused-ring (bicyclic) bond motifs is 3. The fourth-order valence-electron chi connectivity index (χ4n) is 3.79. The summed E-state index contributed by atoms with van der Waals surface area (Å²) in [4.78, 5) is 0. The van der Waals surface area contributed by atoms with E-state index in [0.29, 0.717) is 0 Å². The molecule has 2 aromatic carbocycles. The summed E-state index contributed by atoms with van der Waals surface area (Å²) in [7, 11) is 0. The highest BCUT2D eigenvalue weighted by Gasteiger charge is 2.38. The zero-order chi connectivity index (χ0) is 14.4. The van der Waals surface area contributed by atoms with E-state index in [1.807, 2.05) is 0 Å². The lowest BCUT2D eigenvalue weighted by Gasteiger charge is -2.23. The minimum absolute atomic E-state index is 0.150. The first-order valence-electron chi connectivity index (χ1n) is 7.79. The van der Waals surface area contributed by atoms with Crippen molar-refractivity contribution >= 4 is 5.57 Å². The number of hydrogen-bond donors (Lipinski definition) is 0. The van der Waals surface area contributed by atoms with Crippen LogP contribution in [0.5, 0.6) is 0 Å². The van der Waals surface area contributed by atoms with E-state index >= 15 is 0 Å². The standard InChI is InChI=1S/C21H20/c1-21(2)19-11-7-6-10-17(19)18-14-16(12-13-20(18)21)15-8-4-3-5-9-15/h3-5,8-14H,6-7H2,1-2H3. The summed E-state index contributed by atoms with van der Waals surface area (Å²) in [5.74, 6) is 0. The maximum Gasteiger partial charge on any atom is 0.0155 e. The lowest BCUT2D eigenvalue weighted by atomic mass is 9.80. The molecule has 0 spiro atoms. The molecule has 0 fully saturated rings. The van der Waals surface area contributed by atoms with Gasteiger partial charge in [0, 0.05) is 5.41 Å². The molecule has 0 heterocycles. The highest BCUT2D eigenvalue weighted by atomic mass is 14.4. The summed E-state index contributed by atoms with van der Waals surface area (Å²) < 4.78 is 0. The molecule has 2 aliphatic carbocycles. The van der Waals surface area contributed by atoms with Gasteiger partial charge in [0.15, 0.2) is 0 Å². The van der Waals surface area contributed by atoms with Crippen LogP contribution in [-0.4, -0.2) is 0 Å². The number of allylic oxidation sites excluding steroid dienone is 4. The molecule has 0 nitrogen and oxygen atoms in total. The van der Waals surface area contributed by atoms with E-state index in [2.05, 4.69) is 74.5 Å². The van der Waals surface area contributed by atoms with Gasteiger partial charge in [-0.1, -0.05) is 68.5 Å². The Morgan fingerprint density at radius 1 is 0.810 bits per heavy atom. The number of benzene rings is 2. The Bertz CT molecular complexity index is 758. The van der Waals surface area contributed by atoms with Gasteiger partial charge in [0.25, 0.3) is 0 Å². The minimum Gasteiger partial charge on any atom is -0.0795 e. The van der Waals surface area contributed by atoms with E-state index in [-0.39, 0.29) is 5.41 Å². The topological polar surface area (TPSA) is 0 Å². The highest BCUT2D eigenvalue weighted by molar-refractivity contribution is 5.91. The first-order valence-corrected chi connectivity index (χ1v) is 7.79. The molecule has 0 saturated heterocycles. The summed E-state index contributed by atoms with van der Waals surface area (Å²) >= 11 is 0. The third kappa shape index (κ3) is 1.82. The van der Waals surface area contributed by atoms with Crippen molar-refractivity contribution in [2.75, 3.05) is 0 Å². The van der Waals surface area contributed by atoms with E-state index in [1.54, 1.807) is 0 Å². The van der Waals surface area contributed by atoms with Gasteiger partial charge in [0.2, 0.25) is 0 Å². The third-order valence-corrected chi connectivity index (χ3v) is 4.92. The third-order valence-electron chi connectivity index (χ3n) is 4.92. The largest absolute Gasteiger partial charge is 0.0795 e. The van der Waals surface area contributed by atoms with Crippen LogP contribution in [0.4, 0.5) is 0 Å². The molecule has 2 aromatic rings. The van der Waals surface area contributed by atoms with Crippen LogP contribution in [0.1, 0.15) is 37.8 Å². The fraction of sp³-hybridized carbons (Fsp3) is 0.238. The molecular weight excluding hydrogens is 252 g/mol. The Balaban J connectivity index is 1.92. The average molecular weight is 272 g/mol. The van der Waals surface area contributed by atoms with Crippen molar-refractivity contribution < 1.29 is 0 Å². The quantitative estimate of drug-likeness (QED) is 0.620. The normalized spacial score (nSPS) is 18.6. The van der Waals surface area contributed by atoms with Gasteiger partial charge in [-0.25, -0.2) is 0 Å². The Labute approximate surface area is 126 Å². The van der Waals surface area contributed by atoms with Crippen molar-refractivity contribution in [1.29, 1.82) is 0 Å². The van der Waals surface area contributed by atoms with Gasteiger partial charge < -0.3 is 0 Å². The SMILES string of the molecule is CC1(C)C2=CCCC=C2c2cc(-c3ccccc3)ccc21. The van der Waals surface area contributed by atoms with Crippen LogP contribution in [0, 0.1) is 0 Å². The smallest absolute Gasteiger partial charge is 0.0155 e. The van der Waals surface area contributed by atoms with E-state index < -0.39 is 0 Å². The lowest BCUT2D eigenvalue weighted by Crippen LogP contribution is -2.15. The molecule has 0 aliphatic heterocycles. The van der Waals surface area contributed by atoms with Gasteiger partial charge in [-0.2, -0.15) is 0 Å². The maximum atomic E-state index is 2.44. The number of hydrogen-bond acceptors (Lipinski definition) is 0. The predicted molar refractivity (Wildman–Crippen MR) is 90.2 cm³/mol. The van der Waals surface area contributed by atoms with Crippen molar-refractivity contribution in [3.8, 4) is 11.1 Å². The molecule has 0 bridgehead atoms. The second-order valence-electron chi connectivity index (χ2n) is 6.56. The fourth-order valence-corrected chi connectivity index (χ4v) is 3.79. The Morgan fingerprint density at radius 2 is 1.57 bits per heavy atom. The van der Waals surface area contributed by atoms with Crippen molar-refractivity contribution in [3.63, 3.8) is 0 Å². The van der Waals surface area contributed by atoms with E-state index in [9.17, 15) is 0 Å². The number of rotatable bonds is 1. The monoisotopic (exact) mass is 272 g/mol. The van der Waals surface area contributed by atoms with Crippen LogP contribution in [0.15, 0.2) is 66.3 Å². The van der Waals surface area contributed by atoms with Crippen LogP contribution in [0.3, 0.4) is 0 Å². The molecule has 0 aromatic heterocycles. The zero-order valence-corrected chi connectivity index (χ0v) is 12.7. The van der Waals surface area contributed by atoms with Gasteiger partial charge >= 0.3 is 0 Å². The summed E-state index contributed by atoms with van der Waals surface area (Å²) in [6.45, 7) is 4.71. The first kappa shape index (κ1) is 12.6. The van der Waals surface area contributed by atoms with E-state index in [4.69, 9.17) is 0 Å². The van der Waals surface area contributed by atoms with Gasteiger partial charge in [-0.15, -0.1) is 0 Å². The molecule has 4 rings (SSSR count). The van der Waals surface area contributed by atoms with Crippen molar-refractivity contribution in [2.45, 2.75) is 32.1 Å². The summed E-state index contributed by atoms with van der Waals surface area (Å²) in [6.07, 6.45) is 7.22. The van der Waals surface area contributed by atoms with Gasteiger partial charge in [0.1, 0.15) is 0 Å². The van der Waals surface area contributed by atoms with Crippen LogP contribution in [0.2, 0.25) is 0 Å². The molecule has 2 aliphatic rings. The van der Waals surface area contributed by atoms with E-state index in [0.717, 1.165) is 0 Å². The van der Waals surface area contributed by atoms with Crippen molar-refractivity contribution in [2.24, 2.45) is 0 Å². The minimum atomic E-state index is 0.150. The molecular formula is C21H20. The second-order valence-corrected chi connectivity index (χ2v) is 6.56. The van der Waals surface area contributed by atoms with Crippen LogP contribution in [-0.2, 0) is 5.41 Å². The molecule has 0 atom stereocenters. The summed E-state index contributed by atoms with van der Waals surface area (Å²) in [5, 5.41) is 0. The van der Waals surface area contributed by atoms with Gasteiger partial charge in [-0.3, -0.25) is 0 Å². The van der Waals surface area contributed by atoms with Gasteiger partial charge in [0.05, 0.1) is 0 Å². The van der Waals surface area contributed by atoms with Crippen LogP contribution in [0.25, 0.3) is 16.7 Å². The first-order chi connectivity index (χ1) is 10.2. The maximum absolute atomic E-state index is 2.44. The van der Waals surface area contributed by atoms with Gasteiger partial charge in [-0.05, 0) is 52.3 Å². The molecule has 0 N–H and O–H groups in total. The molecule has 0 heteroatoms. The Morgan fingerprint density at radius 3 is 2.38 bits per heavy atom. The Kier molecular flexibility index (Phi) is 2.68. The summed E-state index contributed by atoms with van der Waals surface area (Å²) in [6, 6.07) is 17.7. The van der Waals surface area contributed by atoms with E-state index in [1.165, 1.54) is 46.2 Å². The molecule has 0 amide bonds. The molecule has 21 heavy (non-hydrogen) atoms. The Hall–Kier alpha value is -2.08. The average Bonchev–Trinajstić information content (AvgIpc) is 2.77.